The quantitative estimate of drug-likeness (QED) is 0.943. The average Bonchev–Trinajstić information content (AvgIpc) is 2.53. The summed E-state index contributed by atoms with van der Waals surface area (Å²) < 4.78 is 24.7. The van der Waals surface area contributed by atoms with E-state index in [1.165, 1.54) is 17.7 Å². The fourth-order valence-corrected chi connectivity index (χ4v) is 2.85. The molecular formula is C17H18FNO2. The molecule has 2 unspecified atom stereocenters. The largest absolute Gasteiger partial charge is 0.496 e. The first-order valence-corrected chi connectivity index (χ1v) is 6.99. The van der Waals surface area contributed by atoms with E-state index >= 15 is 0 Å². The van der Waals surface area contributed by atoms with Crippen LogP contribution >= 0.6 is 0 Å². The summed E-state index contributed by atoms with van der Waals surface area (Å²) in [5.41, 5.74) is 9.29. The van der Waals surface area contributed by atoms with Crippen LogP contribution in [0, 0.1) is 5.82 Å². The standard InChI is InChI=1S/C17H18FNO2/c1-20-15-7-6-12(18)10-14(15)16(19)17-13-5-3-2-4-11(13)8-9-21-17/h2-7,10,16-17H,8-9,19H2,1H3. The molecule has 21 heavy (non-hydrogen) atoms. The molecule has 2 atom stereocenters. The van der Waals surface area contributed by atoms with Gasteiger partial charge < -0.3 is 15.2 Å². The van der Waals surface area contributed by atoms with Crippen molar-refractivity contribution in [2.45, 2.75) is 18.6 Å². The molecular weight excluding hydrogens is 269 g/mol. The Bertz CT molecular complexity index is 644. The third kappa shape index (κ3) is 2.64. The lowest BCUT2D eigenvalue weighted by atomic mass is 9.90. The van der Waals surface area contributed by atoms with Crippen molar-refractivity contribution in [1.29, 1.82) is 0 Å². The average molecular weight is 287 g/mol. The first-order chi connectivity index (χ1) is 10.2. The van der Waals surface area contributed by atoms with Gasteiger partial charge >= 0.3 is 0 Å². The van der Waals surface area contributed by atoms with Crippen molar-refractivity contribution in [1.82, 2.24) is 0 Å². The molecule has 1 aliphatic rings. The molecule has 0 saturated heterocycles. The van der Waals surface area contributed by atoms with E-state index in [1.54, 1.807) is 13.2 Å². The van der Waals surface area contributed by atoms with Crippen molar-refractivity contribution in [2.24, 2.45) is 5.73 Å². The summed E-state index contributed by atoms with van der Waals surface area (Å²) >= 11 is 0. The predicted octanol–water partition coefficient (Wildman–Crippen LogP) is 3.15. The van der Waals surface area contributed by atoms with Crippen LogP contribution in [0.15, 0.2) is 42.5 Å². The van der Waals surface area contributed by atoms with Crippen molar-refractivity contribution in [3.05, 3.63) is 65.0 Å². The first-order valence-electron chi connectivity index (χ1n) is 6.99. The molecule has 0 aromatic heterocycles. The molecule has 3 rings (SSSR count). The van der Waals surface area contributed by atoms with Crippen LogP contribution in [0.4, 0.5) is 4.39 Å². The molecule has 0 radical (unpaired) electrons. The van der Waals surface area contributed by atoms with Crippen molar-refractivity contribution < 1.29 is 13.9 Å². The topological polar surface area (TPSA) is 44.5 Å². The van der Waals surface area contributed by atoms with Crippen molar-refractivity contribution in [2.75, 3.05) is 13.7 Å². The summed E-state index contributed by atoms with van der Waals surface area (Å²) in [5, 5.41) is 0. The highest BCUT2D eigenvalue weighted by molar-refractivity contribution is 5.40. The van der Waals surface area contributed by atoms with Crippen molar-refractivity contribution >= 4 is 0 Å². The molecule has 0 amide bonds. The van der Waals surface area contributed by atoms with Crippen LogP contribution in [-0.2, 0) is 11.2 Å². The normalized spacial score (nSPS) is 18.9. The third-order valence-corrected chi connectivity index (χ3v) is 3.91. The Labute approximate surface area is 123 Å². The van der Waals surface area contributed by atoms with Crippen LogP contribution in [0.2, 0.25) is 0 Å². The van der Waals surface area contributed by atoms with Crippen LogP contribution in [-0.4, -0.2) is 13.7 Å². The van der Waals surface area contributed by atoms with E-state index < -0.39 is 6.04 Å². The summed E-state index contributed by atoms with van der Waals surface area (Å²) in [4.78, 5) is 0. The second-order valence-electron chi connectivity index (χ2n) is 5.15. The Kier molecular flexibility index (Phi) is 3.90. The minimum atomic E-state index is -0.475. The molecule has 4 heteroatoms. The van der Waals surface area contributed by atoms with Gasteiger partial charge in [0.25, 0.3) is 0 Å². The number of ether oxygens (including phenoxy) is 2. The third-order valence-electron chi connectivity index (χ3n) is 3.91. The van der Waals surface area contributed by atoms with E-state index in [0.717, 1.165) is 12.0 Å². The van der Waals surface area contributed by atoms with E-state index in [-0.39, 0.29) is 11.9 Å². The van der Waals surface area contributed by atoms with E-state index in [4.69, 9.17) is 15.2 Å². The fraction of sp³-hybridized carbons (Fsp3) is 0.294. The van der Waals surface area contributed by atoms with Crippen LogP contribution in [0.3, 0.4) is 0 Å². The minimum absolute atomic E-state index is 0.286. The van der Waals surface area contributed by atoms with Crippen molar-refractivity contribution in [3.8, 4) is 5.75 Å². The number of hydrogen-bond donors (Lipinski definition) is 1. The molecule has 0 saturated carbocycles. The molecule has 0 aliphatic carbocycles. The van der Waals surface area contributed by atoms with E-state index in [2.05, 4.69) is 6.07 Å². The Morgan fingerprint density at radius 3 is 2.90 bits per heavy atom. The van der Waals surface area contributed by atoms with Crippen molar-refractivity contribution in [3.63, 3.8) is 0 Å². The maximum absolute atomic E-state index is 13.6. The van der Waals surface area contributed by atoms with Gasteiger partial charge in [-0.1, -0.05) is 24.3 Å². The van der Waals surface area contributed by atoms with Crippen LogP contribution in [0.5, 0.6) is 5.75 Å². The number of methoxy groups -OCH3 is 1. The minimum Gasteiger partial charge on any atom is -0.496 e. The first kappa shape index (κ1) is 14.0. The summed E-state index contributed by atoms with van der Waals surface area (Å²) in [6.45, 7) is 0.618. The number of fused-ring (bicyclic) bond motifs is 1. The highest BCUT2D eigenvalue weighted by Crippen LogP contribution is 2.38. The van der Waals surface area contributed by atoms with Gasteiger partial charge in [0.2, 0.25) is 0 Å². The molecule has 2 aromatic rings. The van der Waals surface area contributed by atoms with Crippen LogP contribution in [0.1, 0.15) is 28.8 Å². The molecule has 0 bridgehead atoms. The highest BCUT2D eigenvalue weighted by Gasteiger charge is 2.29. The number of benzene rings is 2. The highest BCUT2D eigenvalue weighted by atomic mass is 19.1. The number of halogens is 1. The molecule has 3 nitrogen and oxygen atoms in total. The predicted molar refractivity (Wildman–Crippen MR) is 78.7 cm³/mol. The molecule has 110 valence electrons. The zero-order chi connectivity index (χ0) is 14.8. The van der Waals surface area contributed by atoms with Gasteiger partial charge in [-0.15, -0.1) is 0 Å². The van der Waals surface area contributed by atoms with Gasteiger partial charge in [0, 0.05) is 5.56 Å². The zero-order valence-electron chi connectivity index (χ0n) is 11.9. The van der Waals surface area contributed by atoms with Gasteiger partial charge in [-0.05, 0) is 35.7 Å². The molecule has 2 aromatic carbocycles. The Morgan fingerprint density at radius 1 is 1.29 bits per heavy atom. The maximum Gasteiger partial charge on any atom is 0.123 e. The Morgan fingerprint density at radius 2 is 2.10 bits per heavy atom. The Hall–Kier alpha value is -1.91. The molecule has 0 fully saturated rings. The van der Waals surface area contributed by atoms with Crippen LogP contribution in [0.25, 0.3) is 0 Å². The van der Waals surface area contributed by atoms with Gasteiger partial charge in [-0.2, -0.15) is 0 Å². The SMILES string of the molecule is COc1ccc(F)cc1C(N)C1OCCc2ccccc21. The summed E-state index contributed by atoms with van der Waals surface area (Å²) in [5.74, 6) is 0.251. The second-order valence-corrected chi connectivity index (χ2v) is 5.15. The number of nitrogens with two attached hydrogens (primary N) is 1. The van der Waals surface area contributed by atoms with E-state index in [9.17, 15) is 4.39 Å². The molecule has 2 N–H and O–H groups in total. The van der Waals surface area contributed by atoms with E-state index in [1.807, 2.05) is 18.2 Å². The van der Waals surface area contributed by atoms with Gasteiger partial charge in [0.1, 0.15) is 17.7 Å². The Balaban J connectivity index is 2.00. The smallest absolute Gasteiger partial charge is 0.123 e. The number of hydrogen-bond acceptors (Lipinski definition) is 3. The summed E-state index contributed by atoms with van der Waals surface area (Å²) in [7, 11) is 1.55. The second kappa shape index (κ2) is 5.84. The molecule has 0 spiro atoms. The molecule has 1 aliphatic heterocycles. The fourth-order valence-electron chi connectivity index (χ4n) is 2.85. The van der Waals surface area contributed by atoms with Gasteiger partial charge in [0.15, 0.2) is 0 Å². The van der Waals surface area contributed by atoms with Gasteiger partial charge in [-0.3, -0.25) is 0 Å². The number of rotatable bonds is 3. The van der Waals surface area contributed by atoms with E-state index in [0.29, 0.717) is 17.9 Å². The lowest BCUT2D eigenvalue weighted by Gasteiger charge is -2.31. The summed E-state index contributed by atoms with van der Waals surface area (Å²) in [6.07, 6.45) is 0.588. The molecule has 1 heterocycles. The summed E-state index contributed by atoms with van der Waals surface area (Å²) in [6, 6.07) is 12.0. The monoisotopic (exact) mass is 287 g/mol. The lowest BCUT2D eigenvalue weighted by Crippen LogP contribution is -2.27. The van der Waals surface area contributed by atoms with Gasteiger partial charge in [0.05, 0.1) is 19.8 Å². The van der Waals surface area contributed by atoms with Crippen LogP contribution < -0.4 is 10.5 Å². The maximum atomic E-state index is 13.6. The van der Waals surface area contributed by atoms with Gasteiger partial charge in [-0.25, -0.2) is 4.39 Å². The lowest BCUT2D eigenvalue weighted by molar-refractivity contribution is 0.0236. The zero-order valence-corrected chi connectivity index (χ0v) is 11.9.